The van der Waals surface area contributed by atoms with E-state index in [-0.39, 0.29) is 37.2 Å². The largest absolute Gasteiger partial charge is 0.463 e. The number of amides is 1. The van der Waals surface area contributed by atoms with Gasteiger partial charge in [0.05, 0.1) is 13.2 Å². The number of nitrogens with two attached hydrogens (primary N) is 1. The van der Waals surface area contributed by atoms with Gasteiger partial charge in [-0.25, -0.2) is 0 Å². The van der Waals surface area contributed by atoms with Gasteiger partial charge in [-0.15, -0.1) is 12.4 Å². The summed E-state index contributed by atoms with van der Waals surface area (Å²) < 4.78 is 5.64. The summed E-state index contributed by atoms with van der Waals surface area (Å²) in [5, 5.41) is 0. The van der Waals surface area contributed by atoms with Crippen molar-refractivity contribution in [3.05, 3.63) is 65.2 Å². The van der Waals surface area contributed by atoms with Crippen molar-refractivity contribution in [2.45, 2.75) is 52.1 Å². The summed E-state index contributed by atoms with van der Waals surface area (Å²) >= 11 is 0. The van der Waals surface area contributed by atoms with Gasteiger partial charge in [-0.3, -0.25) is 19.4 Å². The molecule has 0 aliphatic carbocycles. The number of carbonyl (C=O) groups is 2. The zero-order chi connectivity index (χ0) is 25.8. The van der Waals surface area contributed by atoms with Crippen molar-refractivity contribution in [1.29, 1.82) is 0 Å². The van der Waals surface area contributed by atoms with Crippen LogP contribution in [0.3, 0.4) is 0 Å². The van der Waals surface area contributed by atoms with Crippen LogP contribution in [0.5, 0.6) is 6.01 Å². The highest BCUT2D eigenvalue weighted by Crippen LogP contribution is 2.32. The standard InChI is InChI=1S/C29H33N5O3.ClH/c1-2-3-15-37-29-31-26(30)24-17-25(35)28(36)34(27(24)32-29)19-20-9-11-22(12-10-20)23-8-6-7-21(16-23)18-33-13-4-5-14-33;/h6-12,16H,2-5,13-15,17-19H2,1H3,(H2,30,31,32);1H. The molecule has 1 amide bonds. The fourth-order valence-electron chi connectivity index (χ4n) is 4.90. The van der Waals surface area contributed by atoms with Gasteiger partial charge in [0, 0.05) is 18.5 Å². The summed E-state index contributed by atoms with van der Waals surface area (Å²) in [6.45, 7) is 6.05. The van der Waals surface area contributed by atoms with Gasteiger partial charge in [0.1, 0.15) is 11.6 Å². The monoisotopic (exact) mass is 535 g/mol. The number of aromatic nitrogens is 2. The lowest BCUT2D eigenvalue weighted by Crippen LogP contribution is -2.42. The van der Waals surface area contributed by atoms with Gasteiger partial charge < -0.3 is 10.5 Å². The molecule has 0 bridgehead atoms. The molecule has 0 saturated carbocycles. The lowest BCUT2D eigenvalue weighted by atomic mass is 10.0. The average molecular weight is 536 g/mol. The zero-order valence-corrected chi connectivity index (χ0v) is 22.5. The van der Waals surface area contributed by atoms with Gasteiger partial charge in [0.25, 0.3) is 5.91 Å². The molecule has 3 heterocycles. The van der Waals surface area contributed by atoms with Gasteiger partial charge >= 0.3 is 6.01 Å². The lowest BCUT2D eigenvalue weighted by Gasteiger charge is -2.28. The minimum Gasteiger partial charge on any atom is -0.463 e. The van der Waals surface area contributed by atoms with E-state index in [9.17, 15) is 9.59 Å². The number of hydrogen-bond acceptors (Lipinski definition) is 7. The number of ether oxygens (including phenoxy) is 1. The summed E-state index contributed by atoms with van der Waals surface area (Å²) in [6.07, 6.45) is 4.29. The van der Waals surface area contributed by atoms with Crippen LogP contribution in [0.2, 0.25) is 0 Å². The molecule has 200 valence electrons. The molecule has 5 rings (SSSR count). The molecule has 2 aliphatic rings. The maximum absolute atomic E-state index is 12.9. The molecular formula is C29H34ClN5O3. The fraction of sp³-hybridized carbons (Fsp3) is 0.379. The minimum atomic E-state index is -0.594. The SMILES string of the molecule is CCCCOc1nc(N)c2c(n1)N(Cc1ccc(-c3cccc(CN4CCCC4)c3)cc1)C(=O)C(=O)C2.Cl. The summed E-state index contributed by atoms with van der Waals surface area (Å²) in [5.74, 6) is -0.591. The number of benzene rings is 2. The third-order valence-corrected chi connectivity index (χ3v) is 6.96. The van der Waals surface area contributed by atoms with Gasteiger partial charge in [-0.2, -0.15) is 9.97 Å². The number of rotatable bonds is 9. The summed E-state index contributed by atoms with van der Waals surface area (Å²) in [4.78, 5) is 37.9. The van der Waals surface area contributed by atoms with Crippen molar-refractivity contribution in [3.63, 3.8) is 0 Å². The van der Waals surface area contributed by atoms with E-state index in [1.165, 1.54) is 36.4 Å². The number of unbranched alkanes of at least 4 members (excludes halogenated alkanes) is 1. The number of nitrogen functional groups attached to an aromatic ring is 1. The molecule has 0 radical (unpaired) electrons. The normalized spacial score (nSPS) is 15.3. The van der Waals surface area contributed by atoms with Crippen LogP contribution in [0, 0.1) is 0 Å². The van der Waals surface area contributed by atoms with Crippen LogP contribution in [0.1, 0.15) is 49.3 Å². The third kappa shape index (κ3) is 6.14. The summed E-state index contributed by atoms with van der Waals surface area (Å²) in [7, 11) is 0. The first-order chi connectivity index (χ1) is 18.0. The second-order valence-corrected chi connectivity index (χ2v) is 9.77. The Kier molecular flexibility index (Phi) is 8.97. The molecule has 1 fully saturated rings. The number of Topliss-reactive ketones (excluding diaryl/α,β-unsaturated/α-hetero) is 1. The van der Waals surface area contributed by atoms with E-state index < -0.39 is 11.7 Å². The molecule has 0 atom stereocenters. The molecular weight excluding hydrogens is 502 g/mol. The number of likely N-dealkylation sites (tertiary alicyclic amines) is 1. The minimum absolute atomic E-state index is 0. The van der Waals surface area contributed by atoms with Gasteiger partial charge in [-0.1, -0.05) is 55.8 Å². The van der Waals surface area contributed by atoms with Crippen molar-refractivity contribution in [2.75, 3.05) is 30.3 Å². The lowest BCUT2D eigenvalue weighted by molar-refractivity contribution is -0.136. The molecule has 38 heavy (non-hydrogen) atoms. The highest BCUT2D eigenvalue weighted by atomic mass is 35.5. The quantitative estimate of drug-likeness (QED) is 0.316. The molecule has 9 heteroatoms. The van der Waals surface area contributed by atoms with Crippen molar-refractivity contribution < 1.29 is 14.3 Å². The van der Waals surface area contributed by atoms with E-state index in [1.54, 1.807) is 0 Å². The Morgan fingerprint density at radius 2 is 1.71 bits per heavy atom. The summed E-state index contributed by atoms with van der Waals surface area (Å²) in [5.41, 5.74) is 11.1. The van der Waals surface area contributed by atoms with Crippen LogP contribution in [0.25, 0.3) is 11.1 Å². The van der Waals surface area contributed by atoms with Gasteiger partial charge in [-0.05, 0) is 60.7 Å². The number of hydrogen-bond donors (Lipinski definition) is 1. The molecule has 1 saturated heterocycles. The highest BCUT2D eigenvalue weighted by Gasteiger charge is 2.35. The van der Waals surface area contributed by atoms with Crippen LogP contribution in [-0.2, 0) is 29.1 Å². The first-order valence-corrected chi connectivity index (χ1v) is 13.1. The average Bonchev–Trinajstić information content (AvgIpc) is 3.41. The van der Waals surface area contributed by atoms with E-state index in [0.29, 0.717) is 18.0 Å². The molecule has 2 N–H and O–H groups in total. The maximum atomic E-state index is 12.9. The van der Waals surface area contributed by atoms with Gasteiger partial charge in [0.2, 0.25) is 5.78 Å². The van der Waals surface area contributed by atoms with Gasteiger partial charge in [0.15, 0.2) is 0 Å². The molecule has 0 spiro atoms. The fourth-order valence-corrected chi connectivity index (χ4v) is 4.90. The van der Waals surface area contributed by atoms with Crippen molar-refractivity contribution in [3.8, 4) is 17.1 Å². The molecule has 0 unspecified atom stereocenters. The number of ketones is 1. The first kappa shape index (κ1) is 27.5. The molecule has 8 nitrogen and oxygen atoms in total. The second kappa shape index (κ2) is 12.4. The Morgan fingerprint density at radius 3 is 2.45 bits per heavy atom. The third-order valence-electron chi connectivity index (χ3n) is 6.96. The van der Waals surface area contributed by atoms with Crippen LogP contribution >= 0.6 is 12.4 Å². The molecule has 2 aromatic carbocycles. The van der Waals surface area contributed by atoms with E-state index in [2.05, 4.69) is 58.2 Å². The highest BCUT2D eigenvalue weighted by molar-refractivity contribution is 6.43. The predicted octanol–water partition coefficient (Wildman–Crippen LogP) is 4.58. The molecule has 3 aromatic rings. The Labute approximate surface area is 229 Å². The smallest absolute Gasteiger partial charge is 0.320 e. The predicted molar refractivity (Wildman–Crippen MR) is 150 cm³/mol. The summed E-state index contributed by atoms with van der Waals surface area (Å²) in [6, 6.07) is 16.8. The Morgan fingerprint density at radius 1 is 0.947 bits per heavy atom. The van der Waals surface area contributed by atoms with Crippen molar-refractivity contribution in [2.24, 2.45) is 0 Å². The Hall–Kier alpha value is -3.49. The van der Waals surface area contributed by atoms with E-state index in [0.717, 1.165) is 36.1 Å². The number of fused-ring (bicyclic) bond motifs is 1. The van der Waals surface area contributed by atoms with Crippen LogP contribution in [0.4, 0.5) is 11.6 Å². The Balaban J connectivity index is 0.00000336. The van der Waals surface area contributed by atoms with E-state index in [4.69, 9.17) is 10.5 Å². The molecule has 1 aromatic heterocycles. The zero-order valence-electron chi connectivity index (χ0n) is 21.7. The van der Waals surface area contributed by atoms with E-state index >= 15 is 0 Å². The number of anilines is 2. The second-order valence-electron chi connectivity index (χ2n) is 9.77. The maximum Gasteiger partial charge on any atom is 0.320 e. The first-order valence-electron chi connectivity index (χ1n) is 13.1. The van der Waals surface area contributed by atoms with Crippen molar-refractivity contribution >= 4 is 35.7 Å². The number of halogens is 1. The molecule has 2 aliphatic heterocycles. The van der Waals surface area contributed by atoms with E-state index in [1.807, 2.05) is 12.1 Å². The number of carbonyl (C=O) groups excluding carboxylic acids is 2. The topological polar surface area (TPSA) is 102 Å². The van der Waals surface area contributed by atoms with Crippen molar-refractivity contribution in [1.82, 2.24) is 14.9 Å². The number of nitrogens with zero attached hydrogens (tertiary/aromatic N) is 4. The Bertz CT molecular complexity index is 1290. The van der Waals surface area contributed by atoms with Crippen LogP contribution < -0.4 is 15.4 Å². The van der Waals surface area contributed by atoms with Crippen LogP contribution in [-0.4, -0.2) is 46.3 Å². The van der Waals surface area contributed by atoms with Crippen LogP contribution in [0.15, 0.2) is 48.5 Å².